The van der Waals surface area contributed by atoms with Crippen LogP contribution in [0.4, 0.5) is 4.79 Å². The molecule has 0 N–H and O–H groups in total. The van der Waals surface area contributed by atoms with E-state index in [0.29, 0.717) is 13.0 Å². The molecule has 0 bridgehead atoms. The van der Waals surface area contributed by atoms with Crippen molar-refractivity contribution < 1.29 is 14.3 Å². The number of amides is 1. The van der Waals surface area contributed by atoms with E-state index in [1.165, 1.54) is 0 Å². The normalized spacial score (nSPS) is 17.6. The van der Waals surface area contributed by atoms with Crippen LogP contribution in [0.15, 0.2) is 96.0 Å². The van der Waals surface area contributed by atoms with Gasteiger partial charge in [-0.05, 0) is 39.7 Å². The summed E-state index contributed by atoms with van der Waals surface area (Å²) in [5.74, 6) is 0. The number of hydrogen-bond acceptors (Lipinski definition) is 4. The van der Waals surface area contributed by atoms with E-state index in [-0.39, 0.29) is 12.1 Å². The zero-order valence-electron chi connectivity index (χ0n) is 22.6. The first-order chi connectivity index (χ1) is 17.7. The lowest BCUT2D eigenvalue weighted by Crippen LogP contribution is -2.54. The molecule has 0 radical (unpaired) electrons. The molecule has 1 saturated heterocycles. The third kappa shape index (κ3) is 6.28. The van der Waals surface area contributed by atoms with E-state index in [9.17, 15) is 4.79 Å². The molecule has 1 aliphatic rings. The van der Waals surface area contributed by atoms with Crippen LogP contribution >= 0.6 is 0 Å². The second-order valence-corrected chi connectivity index (χ2v) is 10.7. The van der Waals surface area contributed by atoms with Crippen LogP contribution in [0.1, 0.15) is 57.7 Å². The van der Waals surface area contributed by atoms with Gasteiger partial charge in [0.15, 0.2) is 0 Å². The molecule has 2 atom stereocenters. The van der Waals surface area contributed by atoms with Crippen LogP contribution < -0.4 is 0 Å². The number of carbonyl (C=O) groups is 1. The number of nitrogens with zero attached hydrogens (tertiary/aromatic N) is 2. The fourth-order valence-electron chi connectivity index (χ4n) is 5.07. The van der Waals surface area contributed by atoms with Gasteiger partial charge in [-0.1, -0.05) is 97.9 Å². The zero-order chi connectivity index (χ0) is 26.5. The molecule has 1 fully saturated rings. The molecule has 0 saturated carbocycles. The van der Waals surface area contributed by atoms with Gasteiger partial charge in [0.05, 0.1) is 23.9 Å². The number of ether oxygens (including phenoxy) is 2. The summed E-state index contributed by atoms with van der Waals surface area (Å²) in [4.78, 5) is 20.7. The molecular weight excluding hydrogens is 460 g/mol. The standard InChI is InChI=1S/C32H38N2O3/c1-6-27(33-29(25-18-12-8-13-19-25)26-20-14-9-15-21-26)28(22-24-16-10-7-11-17-24)37-30(35)34-31(2,3)23-36-32(34,4)5/h7-21,27-28H,6,22-23H2,1-5H3/t27-,28+/m1/s1. The third-order valence-electron chi connectivity index (χ3n) is 6.87. The summed E-state index contributed by atoms with van der Waals surface area (Å²) in [5, 5.41) is 0. The van der Waals surface area contributed by atoms with Gasteiger partial charge in [0.25, 0.3) is 0 Å². The summed E-state index contributed by atoms with van der Waals surface area (Å²) in [6, 6.07) is 30.3. The highest BCUT2D eigenvalue weighted by Crippen LogP contribution is 2.35. The number of aliphatic imine (C=N–C) groups is 1. The Kier molecular flexibility index (Phi) is 8.13. The summed E-state index contributed by atoms with van der Waals surface area (Å²) in [5.41, 5.74) is 2.85. The Morgan fingerprint density at radius 1 is 0.892 bits per heavy atom. The second-order valence-electron chi connectivity index (χ2n) is 10.7. The van der Waals surface area contributed by atoms with Crippen LogP contribution in [0.25, 0.3) is 0 Å². The molecule has 37 heavy (non-hydrogen) atoms. The highest BCUT2D eigenvalue weighted by atomic mass is 16.6. The minimum Gasteiger partial charge on any atom is -0.443 e. The lowest BCUT2D eigenvalue weighted by Gasteiger charge is -2.38. The van der Waals surface area contributed by atoms with Gasteiger partial charge < -0.3 is 9.47 Å². The highest BCUT2D eigenvalue weighted by Gasteiger charge is 2.50. The number of hydrogen-bond donors (Lipinski definition) is 0. The van der Waals surface area contributed by atoms with Crippen LogP contribution in [0.5, 0.6) is 0 Å². The van der Waals surface area contributed by atoms with E-state index in [4.69, 9.17) is 14.5 Å². The number of benzene rings is 3. The Hall–Kier alpha value is -3.44. The first-order valence-electron chi connectivity index (χ1n) is 13.1. The van der Waals surface area contributed by atoms with E-state index in [0.717, 1.165) is 28.8 Å². The monoisotopic (exact) mass is 498 g/mol. The van der Waals surface area contributed by atoms with Crippen molar-refractivity contribution in [1.29, 1.82) is 0 Å². The van der Waals surface area contributed by atoms with E-state index in [1.807, 2.05) is 82.3 Å². The van der Waals surface area contributed by atoms with Gasteiger partial charge in [0.2, 0.25) is 0 Å². The van der Waals surface area contributed by atoms with Crippen LogP contribution in [0.2, 0.25) is 0 Å². The third-order valence-corrected chi connectivity index (χ3v) is 6.87. The number of rotatable bonds is 8. The van der Waals surface area contributed by atoms with Crippen LogP contribution in [0.3, 0.4) is 0 Å². The maximum atomic E-state index is 13.7. The van der Waals surface area contributed by atoms with Crippen LogP contribution in [-0.4, -0.2) is 46.7 Å². The molecule has 4 rings (SSSR count). The quantitative estimate of drug-likeness (QED) is 0.318. The molecule has 1 aliphatic heterocycles. The summed E-state index contributed by atoms with van der Waals surface area (Å²) in [6.45, 7) is 10.4. The lowest BCUT2D eigenvalue weighted by molar-refractivity contribution is -0.0601. The maximum Gasteiger partial charge on any atom is 0.412 e. The van der Waals surface area contributed by atoms with Crippen molar-refractivity contribution in [2.45, 2.75) is 70.9 Å². The maximum absolute atomic E-state index is 13.7. The zero-order valence-corrected chi connectivity index (χ0v) is 22.6. The summed E-state index contributed by atoms with van der Waals surface area (Å²) in [6.07, 6.45) is 0.468. The Balaban J connectivity index is 1.73. The average Bonchev–Trinajstić information content (AvgIpc) is 3.12. The molecule has 1 heterocycles. The van der Waals surface area contributed by atoms with Gasteiger partial charge in [0.1, 0.15) is 11.8 Å². The first kappa shape index (κ1) is 26.6. The smallest absolute Gasteiger partial charge is 0.412 e. The molecule has 194 valence electrons. The van der Waals surface area contributed by atoms with E-state index < -0.39 is 17.4 Å². The van der Waals surface area contributed by atoms with Crippen molar-refractivity contribution in [1.82, 2.24) is 4.90 Å². The van der Waals surface area contributed by atoms with E-state index in [1.54, 1.807) is 4.90 Å². The minimum atomic E-state index is -0.748. The summed E-state index contributed by atoms with van der Waals surface area (Å²) in [7, 11) is 0. The topological polar surface area (TPSA) is 51.1 Å². The minimum absolute atomic E-state index is 0.241. The lowest BCUT2D eigenvalue weighted by atomic mass is 9.98. The molecule has 1 amide bonds. The van der Waals surface area contributed by atoms with E-state index >= 15 is 0 Å². The van der Waals surface area contributed by atoms with E-state index in [2.05, 4.69) is 43.3 Å². The Morgan fingerprint density at radius 2 is 1.41 bits per heavy atom. The predicted octanol–water partition coefficient (Wildman–Crippen LogP) is 6.90. The molecule has 5 nitrogen and oxygen atoms in total. The second kappa shape index (κ2) is 11.3. The van der Waals surface area contributed by atoms with Gasteiger partial charge in [-0.25, -0.2) is 4.79 Å². The van der Waals surface area contributed by atoms with Gasteiger partial charge >= 0.3 is 6.09 Å². The van der Waals surface area contributed by atoms with Gasteiger partial charge in [-0.3, -0.25) is 9.89 Å². The molecule has 0 aliphatic carbocycles. The van der Waals surface area contributed by atoms with Gasteiger partial charge in [-0.2, -0.15) is 0 Å². The van der Waals surface area contributed by atoms with Gasteiger partial charge in [-0.15, -0.1) is 0 Å². The van der Waals surface area contributed by atoms with Crippen molar-refractivity contribution in [2.75, 3.05) is 6.61 Å². The fourth-order valence-corrected chi connectivity index (χ4v) is 5.07. The Labute approximate surface area is 221 Å². The molecule has 3 aromatic rings. The highest BCUT2D eigenvalue weighted by molar-refractivity contribution is 6.13. The Bertz CT molecular complexity index is 1130. The SMILES string of the molecule is CC[C@@H](N=C(c1ccccc1)c1ccccc1)[C@H](Cc1ccccc1)OC(=O)N1C(C)(C)COC1(C)C. The molecule has 0 aromatic heterocycles. The molecule has 3 aromatic carbocycles. The average molecular weight is 499 g/mol. The molecular formula is C32H38N2O3. The van der Waals surface area contributed by atoms with Crippen molar-refractivity contribution in [2.24, 2.45) is 4.99 Å². The predicted molar refractivity (Wildman–Crippen MR) is 149 cm³/mol. The largest absolute Gasteiger partial charge is 0.443 e. The van der Waals surface area contributed by atoms with Gasteiger partial charge in [0, 0.05) is 17.5 Å². The van der Waals surface area contributed by atoms with Crippen LogP contribution in [-0.2, 0) is 15.9 Å². The van der Waals surface area contributed by atoms with Crippen molar-refractivity contribution >= 4 is 11.8 Å². The van der Waals surface area contributed by atoms with Crippen molar-refractivity contribution in [3.63, 3.8) is 0 Å². The van der Waals surface area contributed by atoms with Crippen LogP contribution in [0, 0.1) is 0 Å². The fraction of sp³-hybridized carbons (Fsp3) is 0.375. The number of carbonyl (C=O) groups excluding carboxylic acids is 1. The van der Waals surface area contributed by atoms with Crippen molar-refractivity contribution in [3.05, 3.63) is 108 Å². The Morgan fingerprint density at radius 3 is 1.86 bits per heavy atom. The van der Waals surface area contributed by atoms with Crippen molar-refractivity contribution in [3.8, 4) is 0 Å². The molecule has 5 heteroatoms. The molecule has 0 unspecified atom stereocenters. The summed E-state index contributed by atoms with van der Waals surface area (Å²) >= 11 is 0. The molecule has 0 spiro atoms. The summed E-state index contributed by atoms with van der Waals surface area (Å²) < 4.78 is 12.3. The first-order valence-corrected chi connectivity index (χ1v) is 13.1.